The van der Waals surface area contributed by atoms with E-state index in [-0.39, 0.29) is 0 Å². The molecule has 0 radical (unpaired) electrons. The van der Waals surface area contributed by atoms with Crippen molar-refractivity contribution in [3.8, 4) is 0 Å². The molecule has 100 valence electrons. The molecule has 2 aliphatic rings. The standard InChI is InChI=1S/C14H28N2O/c1-14(2)12(9-13(14)17-3)16-7-4-5-11-6-8-15-10-11/h11-13,15-16H,4-10H2,1-3H3. The molecular formula is C14H28N2O. The first-order valence-electron chi connectivity index (χ1n) is 7.11. The first kappa shape index (κ1) is 13.3. The van der Waals surface area contributed by atoms with Crippen molar-refractivity contribution in [3.05, 3.63) is 0 Å². The van der Waals surface area contributed by atoms with Gasteiger partial charge in [-0.15, -0.1) is 0 Å². The van der Waals surface area contributed by atoms with Crippen LogP contribution in [0.2, 0.25) is 0 Å². The van der Waals surface area contributed by atoms with Crippen molar-refractivity contribution >= 4 is 0 Å². The van der Waals surface area contributed by atoms with Gasteiger partial charge in [0.2, 0.25) is 0 Å². The summed E-state index contributed by atoms with van der Waals surface area (Å²) in [5.74, 6) is 0.929. The van der Waals surface area contributed by atoms with Gasteiger partial charge >= 0.3 is 0 Å². The van der Waals surface area contributed by atoms with Crippen LogP contribution in [0, 0.1) is 11.3 Å². The lowest BCUT2D eigenvalue weighted by Crippen LogP contribution is -2.60. The normalized spacial score (nSPS) is 35.8. The predicted molar refractivity (Wildman–Crippen MR) is 71.2 cm³/mol. The van der Waals surface area contributed by atoms with Crippen molar-refractivity contribution in [2.45, 2.75) is 51.7 Å². The first-order valence-corrected chi connectivity index (χ1v) is 7.11. The second-order valence-electron chi connectivity index (χ2n) is 6.29. The molecule has 2 fully saturated rings. The quantitative estimate of drug-likeness (QED) is 0.694. The van der Waals surface area contributed by atoms with Gasteiger partial charge in [0.15, 0.2) is 0 Å². The lowest BCUT2D eigenvalue weighted by atomic mass is 9.64. The fourth-order valence-corrected chi connectivity index (χ4v) is 3.26. The maximum absolute atomic E-state index is 5.47. The van der Waals surface area contributed by atoms with Gasteiger partial charge in [0.25, 0.3) is 0 Å². The number of ether oxygens (including phenoxy) is 1. The van der Waals surface area contributed by atoms with Gasteiger partial charge in [-0.25, -0.2) is 0 Å². The predicted octanol–water partition coefficient (Wildman–Crippen LogP) is 1.78. The molecule has 2 N–H and O–H groups in total. The lowest BCUT2D eigenvalue weighted by Gasteiger charge is -2.51. The second-order valence-corrected chi connectivity index (χ2v) is 6.29. The molecule has 0 aromatic rings. The van der Waals surface area contributed by atoms with Crippen LogP contribution in [0.3, 0.4) is 0 Å². The summed E-state index contributed by atoms with van der Waals surface area (Å²) >= 11 is 0. The highest BCUT2D eigenvalue weighted by atomic mass is 16.5. The van der Waals surface area contributed by atoms with Crippen LogP contribution in [-0.4, -0.2) is 38.9 Å². The fraction of sp³-hybridized carbons (Fsp3) is 1.00. The Bertz CT molecular complexity index is 236. The molecule has 0 aromatic heterocycles. The number of rotatable bonds is 6. The molecule has 0 aromatic carbocycles. The summed E-state index contributed by atoms with van der Waals surface area (Å²) in [6.45, 7) is 8.25. The summed E-state index contributed by atoms with van der Waals surface area (Å²) in [7, 11) is 1.83. The van der Waals surface area contributed by atoms with Crippen molar-refractivity contribution in [3.63, 3.8) is 0 Å². The molecule has 1 saturated heterocycles. The van der Waals surface area contributed by atoms with E-state index in [1.54, 1.807) is 0 Å². The van der Waals surface area contributed by atoms with Gasteiger partial charge in [0.1, 0.15) is 0 Å². The average molecular weight is 240 g/mol. The monoisotopic (exact) mass is 240 g/mol. The van der Waals surface area contributed by atoms with Gasteiger partial charge in [-0.1, -0.05) is 13.8 Å². The number of hydrogen-bond acceptors (Lipinski definition) is 3. The number of hydrogen-bond donors (Lipinski definition) is 2. The van der Waals surface area contributed by atoms with Gasteiger partial charge < -0.3 is 15.4 Å². The largest absolute Gasteiger partial charge is 0.381 e. The van der Waals surface area contributed by atoms with E-state index >= 15 is 0 Å². The average Bonchev–Trinajstić information content (AvgIpc) is 2.80. The molecule has 1 aliphatic heterocycles. The smallest absolute Gasteiger partial charge is 0.0652 e. The summed E-state index contributed by atoms with van der Waals surface area (Å²) in [4.78, 5) is 0. The van der Waals surface area contributed by atoms with Crippen molar-refractivity contribution in [1.82, 2.24) is 10.6 Å². The second kappa shape index (κ2) is 5.68. The van der Waals surface area contributed by atoms with E-state index in [4.69, 9.17) is 4.74 Å². The molecular weight excluding hydrogens is 212 g/mol. The van der Waals surface area contributed by atoms with E-state index in [2.05, 4.69) is 24.5 Å². The van der Waals surface area contributed by atoms with E-state index in [1.807, 2.05) is 7.11 Å². The highest BCUT2D eigenvalue weighted by molar-refractivity contribution is 5.02. The van der Waals surface area contributed by atoms with Gasteiger partial charge in [-0.3, -0.25) is 0 Å². The molecule has 17 heavy (non-hydrogen) atoms. The molecule has 0 spiro atoms. The third-order valence-electron chi connectivity index (χ3n) is 4.80. The van der Waals surface area contributed by atoms with Gasteiger partial charge in [-0.2, -0.15) is 0 Å². The van der Waals surface area contributed by atoms with E-state index in [0.29, 0.717) is 17.6 Å². The van der Waals surface area contributed by atoms with Gasteiger partial charge in [0, 0.05) is 18.6 Å². The molecule has 3 unspecified atom stereocenters. The summed E-state index contributed by atoms with van der Waals surface area (Å²) in [5, 5.41) is 7.13. The van der Waals surface area contributed by atoms with Crippen LogP contribution in [0.15, 0.2) is 0 Å². The third-order valence-corrected chi connectivity index (χ3v) is 4.80. The zero-order valence-electron chi connectivity index (χ0n) is 11.6. The van der Waals surface area contributed by atoms with E-state index in [9.17, 15) is 0 Å². The fourth-order valence-electron chi connectivity index (χ4n) is 3.26. The summed E-state index contributed by atoms with van der Waals surface area (Å²) in [5.41, 5.74) is 0.309. The maximum Gasteiger partial charge on any atom is 0.0652 e. The topological polar surface area (TPSA) is 33.3 Å². The Morgan fingerprint density at radius 3 is 2.82 bits per heavy atom. The Morgan fingerprint density at radius 1 is 1.41 bits per heavy atom. The van der Waals surface area contributed by atoms with Crippen molar-refractivity contribution in [2.75, 3.05) is 26.7 Å². The molecule has 0 bridgehead atoms. The Balaban J connectivity index is 1.57. The SMILES string of the molecule is COC1CC(NCCCC2CCNC2)C1(C)C. The maximum atomic E-state index is 5.47. The minimum Gasteiger partial charge on any atom is -0.381 e. The highest BCUT2D eigenvalue weighted by Gasteiger charge is 2.47. The minimum atomic E-state index is 0.309. The Kier molecular flexibility index (Phi) is 4.45. The molecule has 3 nitrogen and oxygen atoms in total. The Labute approximate surface area is 106 Å². The molecule has 2 rings (SSSR count). The van der Waals surface area contributed by atoms with Crippen molar-refractivity contribution < 1.29 is 4.74 Å². The Hall–Kier alpha value is -0.120. The number of nitrogens with one attached hydrogen (secondary N) is 2. The summed E-state index contributed by atoms with van der Waals surface area (Å²) in [6, 6.07) is 0.647. The van der Waals surface area contributed by atoms with E-state index in [0.717, 1.165) is 5.92 Å². The zero-order chi connectivity index (χ0) is 12.3. The molecule has 0 amide bonds. The molecule has 3 atom stereocenters. The molecule has 1 heterocycles. The van der Waals surface area contributed by atoms with Crippen molar-refractivity contribution in [2.24, 2.45) is 11.3 Å². The van der Waals surface area contributed by atoms with Gasteiger partial charge in [0.05, 0.1) is 6.10 Å². The first-order chi connectivity index (χ1) is 8.14. The Morgan fingerprint density at radius 2 is 2.24 bits per heavy atom. The summed E-state index contributed by atoms with van der Waals surface area (Å²) in [6.07, 6.45) is 5.69. The van der Waals surface area contributed by atoms with Crippen LogP contribution in [-0.2, 0) is 4.74 Å². The van der Waals surface area contributed by atoms with Crippen LogP contribution >= 0.6 is 0 Å². The van der Waals surface area contributed by atoms with E-state index < -0.39 is 0 Å². The molecule has 1 aliphatic carbocycles. The van der Waals surface area contributed by atoms with Crippen LogP contribution in [0.5, 0.6) is 0 Å². The van der Waals surface area contributed by atoms with Crippen LogP contribution in [0.4, 0.5) is 0 Å². The van der Waals surface area contributed by atoms with Crippen molar-refractivity contribution in [1.29, 1.82) is 0 Å². The zero-order valence-corrected chi connectivity index (χ0v) is 11.6. The van der Waals surface area contributed by atoms with Gasteiger partial charge in [-0.05, 0) is 51.2 Å². The van der Waals surface area contributed by atoms with E-state index in [1.165, 1.54) is 45.3 Å². The molecule has 3 heteroatoms. The van der Waals surface area contributed by atoms with Crippen LogP contribution in [0.1, 0.15) is 39.5 Å². The number of methoxy groups -OCH3 is 1. The van der Waals surface area contributed by atoms with Crippen LogP contribution in [0.25, 0.3) is 0 Å². The highest BCUT2D eigenvalue weighted by Crippen LogP contribution is 2.42. The van der Waals surface area contributed by atoms with Crippen LogP contribution < -0.4 is 10.6 Å². The molecule has 1 saturated carbocycles. The third kappa shape index (κ3) is 3.01. The lowest BCUT2D eigenvalue weighted by molar-refractivity contribution is -0.0973. The minimum absolute atomic E-state index is 0.309. The summed E-state index contributed by atoms with van der Waals surface area (Å²) < 4.78 is 5.47.